The van der Waals surface area contributed by atoms with Gasteiger partial charge in [0.2, 0.25) is 0 Å². The normalized spacial score (nSPS) is 20.8. The van der Waals surface area contributed by atoms with E-state index in [1.165, 1.54) is 0 Å². The van der Waals surface area contributed by atoms with Crippen LogP contribution in [0.25, 0.3) is 0 Å². The van der Waals surface area contributed by atoms with Crippen LogP contribution in [0, 0.1) is 0 Å². The van der Waals surface area contributed by atoms with Crippen molar-refractivity contribution in [3.05, 3.63) is 28.8 Å². The number of benzene rings is 1. The SMILES string of the molecule is CC(O)c1ccc(N2CCSC(C)(C)C2)cc1Cl. The van der Waals surface area contributed by atoms with Gasteiger partial charge >= 0.3 is 0 Å². The molecule has 0 bridgehead atoms. The van der Waals surface area contributed by atoms with Crippen LogP contribution in [0.2, 0.25) is 5.02 Å². The Labute approximate surface area is 118 Å². The third-order valence-electron chi connectivity index (χ3n) is 3.22. The second-order valence-corrected chi connectivity index (χ2v) is 7.62. The Morgan fingerprint density at radius 1 is 1.44 bits per heavy atom. The zero-order chi connectivity index (χ0) is 13.3. The number of aliphatic hydroxyl groups is 1. The molecule has 1 atom stereocenters. The second kappa shape index (κ2) is 5.32. The lowest BCUT2D eigenvalue weighted by Crippen LogP contribution is -2.43. The fraction of sp³-hybridized carbons (Fsp3) is 0.571. The average molecular weight is 286 g/mol. The third kappa shape index (κ3) is 3.14. The number of thioether (sulfide) groups is 1. The van der Waals surface area contributed by atoms with Crippen LogP contribution in [0.5, 0.6) is 0 Å². The van der Waals surface area contributed by atoms with Crippen molar-refractivity contribution >= 4 is 29.1 Å². The van der Waals surface area contributed by atoms with Crippen LogP contribution >= 0.6 is 23.4 Å². The summed E-state index contributed by atoms with van der Waals surface area (Å²) in [6.07, 6.45) is -0.514. The van der Waals surface area contributed by atoms with Gasteiger partial charge in [0, 0.05) is 34.3 Å². The Hall–Kier alpha value is -0.380. The molecule has 0 aromatic heterocycles. The number of hydrogen-bond donors (Lipinski definition) is 1. The minimum atomic E-state index is -0.514. The van der Waals surface area contributed by atoms with Crippen molar-refractivity contribution in [1.82, 2.24) is 0 Å². The van der Waals surface area contributed by atoms with Crippen molar-refractivity contribution in [1.29, 1.82) is 0 Å². The molecular weight excluding hydrogens is 266 g/mol. The molecule has 0 aliphatic carbocycles. The Bertz CT molecular complexity index is 434. The highest BCUT2D eigenvalue weighted by Gasteiger charge is 2.27. The molecule has 0 spiro atoms. The van der Waals surface area contributed by atoms with E-state index in [0.29, 0.717) is 5.02 Å². The third-order valence-corrected chi connectivity index (χ3v) is 4.85. The van der Waals surface area contributed by atoms with Gasteiger partial charge in [0.15, 0.2) is 0 Å². The average Bonchev–Trinajstić information content (AvgIpc) is 2.27. The van der Waals surface area contributed by atoms with Crippen LogP contribution < -0.4 is 4.90 Å². The number of hydrogen-bond acceptors (Lipinski definition) is 3. The first-order chi connectivity index (χ1) is 8.39. The van der Waals surface area contributed by atoms with Gasteiger partial charge in [-0.25, -0.2) is 0 Å². The number of halogens is 1. The van der Waals surface area contributed by atoms with Crippen LogP contribution in [-0.2, 0) is 0 Å². The Balaban J connectivity index is 2.21. The van der Waals surface area contributed by atoms with Crippen LogP contribution in [0.4, 0.5) is 5.69 Å². The predicted octanol–water partition coefficient (Wildman–Crippen LogP) is 3.73. The van der Waals surface area contributed by atoms with E-state index in [9.17, 15) is 5.11 Å². The summed E-state index contributed by atoms with van der Waals surface area (Å²) in [4.78, 5) is 2.37. The Kier molecular flexibility index (Phi) is 4.15. The van der Waals surface area contributed by atoms with E-state index >= 15 is 0 Å². The molecule has 1 fully saturated rings. The molecule has 1 unspecified atom stereocenters. The highest BCUT2D eigenvalue weighted by atomic mass is 35.5. The number of anilines is 1. The molecule has 1 saturated heterocycles. The lowest BCUT2D eigenvalue weighted by molar-refractivity contribution is 0.199. The van der Waals surface area contributed by atoms with Crippen molar-refractivity contribution in [3.63, 3.8) is 0 Å². The molecule has 1 aliphatic heterocycles. The van der Waals surface area contributed by atoms with Gasteiger partial charge in [-0.05, 0) is 38.5 Å². The second-order valence-electron chi connectivity index (χ2n) is 5.41. The van der Waals surface area contributed by atoms with Crippen molar-refractivity contribution in [2.24, 2.45) is 0 Å². The van der Waals surface area contributed by atoms with Gasteiger partial charge in [-0.15, -0.1) is 0 Å². The minimum Gasteiger partial charge on any atom is -0.389 e. The molecule has 1 heterocycles. The van der Waals surface area contributed by atoms with Crippen LogP contribution in [0.1, 0.15) is 32.4 Å². The highest BCUT2D eigenvalue weighted by molar-refractivity contribution is 8.00. The monoisotopic (exact) mass is 285 g/mol. The summed E-state index contributed by atoms with van der Waals surface area (Å²) in [5.74, 6) is 1.14. The van der Waals surface area contributed by atoms with Crippen molar-refractivity contribution in [2.45, 2.75) is 31.6 Å². The molecule has 2 rings (SSSR count). The summed E-state index contributed by atoms with van der Waals surface area (Å²) in [7, 11) is 0. The maximum Gasteiger partial charge on any atom is 0.0776 e. The summed E-state index contributed by atoms with van der Waals surface area (Å²) in [5, 5.41) is 10.2. The molecule has 2 nitrogen and oxygen atoms in total. The summed E-state index contributed by atoms with van der Waals surface area (Å²) in [6.45, 7) is 8.37. The van der Waals surface area contributed by atoms with Gasteiger partial charge in [-0.3, -0.25) is 0 Å². The molecule has 1 N–H and O–H groups in total. The van der Waals surface area contributed by atoms with Crippen LogP contribution in [-0.4, -0.2) is 28.7 Å². The van der Waals surface area contributed by atoms with E-state index in [4.69, 9.17) is 11.6 Å². The van der Waals surface area contributed by atoms with Gasteiger partial charge in [-0.1, -0.05) is 17.7 Å². The zero-order valence-corrected chi connectivity index (χ0v) is 12.7. The fourth-order valence-electron chi connectivity index (χ4n) is 2.29. The summed E-state index contributed by atoms with van der Waals surface area (Å²) in [5.41, 5.74) is 1.95. The quantitative estimate of drug-likeness (QED) is 0.896. The van der Waals surface area contributed by atoms with E-state index in [1.54, 1.807) is 6.92 Å². The first-order valence-corrected chi connectivity index (χ1v) is 7.62. The van der Waals surface area contributed by atoms with E-state index < -0.39 is 6.10 Å². The summed E-state index contributed by atoms with van der Waals surface area (Å²) in [6, 6.07) is 5.95. The zero-order valence-electron chi connectivity index (χ0n) is 11.1. The Morgan fingerprint density at radius 3 is 2.72 bits per heavy atom. The molecule has 4 heteroatoms. The molecule has 100 valence electrons. The van der Waals surface area contributed by atoms with E-state index in [2.05, 4.69) is 24.8 Å². The maximum absolute atomic E-state index is 9.59. The first kappa shape index (κ1) is 14.0. The summed E-state index contributed by atoms with van der Waals surface area (Å²) >= 11 is 8.24. The van der Waals surface area contributed by atoms with Crippen molar-refractivity contribution in [3.8, 4) is 0 Å². The molecule has 1 aliphatic rings. The molecular formula is C14H20ClNOS. The van der Waals surface area contributed by atoms with E-state index in [-0.39, 0.29) is 4.75 Å². The van der Waals surface area contributed by atoms with Gasteiger partial charge in [0.05, 0.1) is 6.10 Å². The predicted molar refractivity (Wildman–Crippen MR) is 80.8 cm³/mol. The lowest BCUT2D eigenvalue weighted by atomic mass is 10.1. The topological polar surface area (TPSA) is 23.5 Å². The van der Waals surface area contributed by atoms with Crippen LogP contribution in [0.3, 0.4) is 0 Å². The molecule has 0 saturated carbocycles. The number of aliphatic hydroxyl groups excluding tert-OH is 1. The lowest BCUT2D eigenvalue weighted by Gasteiger charge is -2.39. The van der Waals surface area contributed by atoms with Crippen LogP contribution in [0.15, 0.2) is 18.2 Å². The van der Waals surface area contributed by atoms with Crippen molar-refractivity contribution < 1.29 is 5.11 Å². The van der Waals surface area contributed by atoms with Gasteiger partial charge in [-0.2, -0.15) is 11.8 Å². The molecule has 1 aromatic rings. The molecule has 18 heavy (non-hydrogen) atoms. The Morgan fingerprint density at radius 2 is 2.17 bits per heavy atom. The summed E-state index contributed by atoms with van der Waals surface area (Å²) < 4.78 is 0.285. The molecule has 0 radical (unpaired) electrons. The number of nitrogens with zero attached hydrogens (tertiary/aromatic N) is 1. The van der Waals surface area contributed by atoms with E-state index in [1.807, 2.05) is 23.9 Å². The van der Waals surface area contributed by atoms with E-state index in [0.717, 1.165) is 30.1 Å². The largest absolute Gasteiger partial charge is 0.389 e. The van der Waals surface area contributed by atoms with Crippen molar-refractivity contribution in [2.75, 3.05) is 23.7 Å². The fourth-order valence-corrected chi connectivity index (χ4v) is 3.73. The smallest absolute Gasteiger partial charge is 0.0776 e. The molecule has 0 amide bonds. The van der Waals surface area contributed by atoms with Gasteiger partial charge in [0.25, 0.3) is 0 Å². The minimum absolute atomic E-state index is 0.285. The standard InChI is InChI=1S/C14H20ClNOS/c1-10(17)12-5-4-11(8-13(12)15)16-6-7-18-14(2,3)9-16/h4-5,8,10,17H,6-7,9H2,1-3H3. The maximum atomic E-state index is 9.59. The number of rotatable bonds is 2. The molecule has 1 aromatic carbocycles. The first-order valence-electron chi connectivity index (χ1n) is 6.25. The van der Waals surface area contributed by atoms with Gasteiger partial charge < -0.3 is 10.0 Å². The highest BCUT2D eigenvalue weighted by Crippen LogP contribution is 2.34. The van der Waals surface area contributed by atoms with Gasteiger partial charge in [0.1, 0.15) is 0 Å².